The van der Waals surface area contributed by atoms with Gasteiger partial charge in [-0.1, -0.05) is 23.9 Å². The van der Waals surface area contributed by atoms with E-state index in [1.54, 1.807) is 24.3 Å². The molecule has 2 atom stereocenters. The predicted molar refractivity (Wildman–Crippen MR) is 132 cm³/mol. The monoisotopic (exact) mass is 511 g/mol. The number of phenols is 1. The molecule has 0 radical (unpaired) electrons. The number of ether oxygens (including phenoxy) is 1. The fraction of sp³-hybridized carbons (Fsp3) is 0.174. The lowest BCUT2D eigenvalue weighted by Gasteiger charge is -2.14. The molecule has 2 aromatic carbocycles. The van der Waals surface area contributed by atoms with Gasteiger partial charge in [-0.2, -0.15) is 0 Å². The molecule has 186 valence electrons. The smallest absolute Gasteiger partial charge is 0.328 e. The normalized spacial score (nSPS) is 17.0. The number of nitrogens with zero attached hydrogens (tertiary/aromatic N) is 1. The number of methoxy groups -OCH3 is 1. The van der Waals surface area contributed by atoms with E-state index in [4.69, 9.17) is 4.74 Å². The summed E-state index contributed by atoms with van der Waals surface area (Å²) in [5.74, 6) is -0.922. The number of anilines is 1. The van der Waals surface area contributed by atoms with E-state index in [-0.39, 0.29) is 28.8 Å². The lowest BCUT2D eigenvalue weighted by atomic mass is 10.0. The zero-order valence-electron chi connectivity index (χ0n) is 18.8. The van der Waals surface area contributed by atoms with Crippen LogP contribution in [0.1, 0.15) is 23.6 Å². The van der Waals surface area contributed by atoms with Crippen LogP contribution in [-0.4, -0.2) is 49.5 Å². The topological polar surface area (TPSA) is 186 Å². The molecule has 1 aliphatic rings. The summed E-state index contributed by atoms with van der Waals surface area (Å²) in [5.41, 5.74) is -1.10. The number of amides is 2. The van der Waals surface area contributed by atoms with Crippen LogP contribution >= 0.6 is 11.8 Å². The second-order valence-electron chi connectivity index (χ2n) is 7.68. The van der Waals surface area contributed by atoms with Gasteiger partial charge in [-0.3, -0.25) is 24.4 Å². The molecule has 6 N–H and O–H groups in total. The van der Waals surface area contributed by atoms with Gasteiger partial charge >= 0.3 is 5.69 Å². The highest BCUT2D eigenvalue weighted by Gasteiger charge is 2.33. The number of carbonyl (C=O) groups excluding carboxylic acids is 2. The molecular formula is C23H21N5O7S. The van der Waals surface area contributed by atoms with Gasteiger partial charge in [0.1, 0.15) is 28.4 Å². The Labute approximate surface area is 207 Å². The summed E-state index contributed by atoms with van der Waals surface area (Å²) < 4.78 is 5.08. The number of aromatic nitrogens is 2. The molecule has 36 heavy (non-hydrogen) atoms. The van der Waals surface area contributed by atoms with Crippen molar-refractivity contribution in [2.75, 3.05) is 12.4 Å². The van der Waals surface area contributed by atoms with Crippen LogP contribution in [0.25, 0.3) is 0 Å². The van der Waals surface area contributed by atoms with Gasteiger partial charge < -0.3 is 25.6 Å². The van der Waals surface area contributed by atoms with Crippen LogP contribution in [0.5, 0.6) is 17.4 Å². The van der Waals surface area contributed by atoms with Crippen molar-refractivity contribution in [1.82, 2.24) is 15.3 Å². The highest BCUT2D eigenvalue weighted by Crippen LogP contribution is 2.32. The Kier molecular flexibility index (Phi) is 7.10. The first-order chi connectivity index (χ1) is 17.2. The fourth-order valence-corrected chi connectivity index (χ4v) is 4.47. The molecule has 0 spiro atoms. The summed E-state index contributed by atoms with van der Waals surface area (Å²) >= 11 is 0.993. The van der Waals surface area contributed by atoms with E-state index < -0.39 is 34.3 Å². The molecule has 1 saturated heterocycles. The number of phenolic OH excluding ortho intramolecular Hbond substituents is 1. The molecule has 0 aliphatic carbocycles. The zero-order valence-corrected chi connectivity index (χ0v) is 19.6. The van der Waals surface area contributed by atoms with E-state index in [0.29, 0.717) is 17.0 Å². The average Bonchev–Trinajstić information content (AvgIpc) is 3.17. The average molecular weight is 512 g/mol. The zero-order chi connectivity index (χ0) is 25.8. The van der Waals surface area contributed by atoms with E-state index in [2.05, 4.69) is 20.6 Å². The maximum absolute atomic E-state index is 12.5. The van der Waals surface area contributed by atoms with Gasteiger partial charge in [-0.25, -0.2) is 9.79 Å². The number of aliphatic imine (C=N–C) groups is 1. The molecule has 0 saturated carbocycles. The molecule has 2 amide bonds. The van der Waals surface area contributed by atoms with E-state index in [1.165, 1.54) is 31.4 Å². The standard InChI is InChI=1S/C23H21N5O7S/c1-35-14-8-4-12(5-9-14)24-16(30)10-15-19(31)28-23(36-15)25-18(11-2-6-13(29)7-3-11)17-20(32)26-22(34)27-21(17)33/h2-9,15,18,29H,10H2,1H3,(H,24,30)(H,25,28,31)(H3,26,27,32,33,34)/t15-,18-/m0/s1. The highest BCUT2D eigenvalue weighted by molar-refractivity contribution is 8.15. The molecular weight excluding hydrogens is 490 g/mol. The number of nitrogens with one attached hydrogen (secondary N) is 4. The molecule has 4 rings (SSSR count). The maximum atomic E-state index is 12.5. The molecule has 1 aromatic heterocycles. The van der Waals surface area contributed by atoms with Crippen molar-refractivity contribution < 1.29 is 24.5 Å². The van der Waals surface area contributed by atoms with Crippen molar-refractivity contribution in [2.45, 2.75) is 17.7 Å². The molecule has 1 aliphatic heterocycles. The summed E-state index contributed by atoms with van der Waals surface area (Å²) in [6.07, 6.45) is -0.143. The van der Waals surface area contributed by atoms with Gasteiger partial charge in [0.2, 0.25) is 17.7 Å². The van der Waals surface area contributed by atoms with E-state index in [9.17, 15) is 29.4 Å². The first-order valence-corrected chi connectivity index (χ1v) is 11.4. The maximum Gasteiger partial charge on any atom is 0.328 e. The third-order valence-electron chi connectivity index (χ3n) is 5.21. The lowest BCUT2D eigenvalue weighted by Crippen LogP contribution is -2.29. The molecule has 13 heteroatoms. The number of carbonyl (C=O) groups is 2. The van der Waals surface area contributed by atoms with Crippen LogP contribution < -0.4 is 26.6 Å². The van der Waals surface area contributed by atoms with Gasteiger partial charge in [0.05, 0.1) is 7.11 Å². The highest BCUT2D eigenvalue weighted by atomic mass is 32.2. The number of rotatable bonds is 7. The van der Waals surface area contributed by atoms with E-state index >= 15 is 0 Å². The van der Waals surface area contributed by atoms with Crippen molar-refractivity contribution in [1.29, 1.82) is 0 Å². The van der Waals surface area contributed by atoms with Crippen LogP contribution in [0.3, 0.4) is 0 Å². The van der Waals surface area contributed by atoms with Gasteiger partial charge in [0.25, 0.3) is 5.56 Å². The largest absolute Gasteiger partial charge is 0.508 e. The summed E-state index contributed by atoms with van der Waals surface area (Å²) in [6.45, 7) is 0. The predicted octanol–water partition coefficient (Wildman–Crippen LogP) is 1.19. The summed E-state index contributed by atoms with van der Waals surface area (Å²) in [4.78, 5) is 57.6. The minimum atomic E-state index is -1.14. The van der Waals surface area contributed by atoms with Crippen LogP contribution in [0.4, 0.5) is 5.69 Å². The molecule has 0 unspecified atom stereocenters. The number of aromatic hydroxyl groups is 2. The van der Waals surface area contributed by atoms with Crippen LogP contribution in [0, 0.1) is 0 Å². The van der Waals surface area contributed by atoms with Crippen LogP contribution in [-0.2, 0) is 9.59 Å². The van der Waals surface area contributed by atoms with E-state index in [0.717, 1.165) is 11.8 Å². The molecule has 1 fully saturated rings. The van der Waals surface area contributed by atoms with Gasteiger partial charge in [0, 0.05) is 12.1 Å². The third kappa shape index (κ3) is 5.58. The van der Waals surface area contributed by atoms with E-state index in [1.807, 2.05) is 4.98 Å². The van der Waals surface area contributed by atoms with Crippen molar-refractivity contribution in [3.8, 4) is 17.4 Å². The second kappa shape index (κ2) is 10.4. The number of aromatic amines is 2. The number of amidine groups is 1. The first kappa shape index (κ1) is 24.6. The number of thioether (sulfide) groups is 1. The molecule has 3 aromatic rings. The Balaban J connectivity index is 1.56. The van der Waals surface area contributed by atoms with Crippen molar-refractivity contribution in [3.63, 3.8) is 0 Å². The van der Waals surface area contributed by atoms with Crippen LogP contribution in [0.2, 0.25) is 0 Å². The first-order valence-electron chi connectivity index (χ1n) is 10.6. The van der Waals surface area contributed by atoms with Gasteiger partial charge in [-0.15, -0.1) is 0 Å². The number of benzene rings is 2. The molecule has 12 nitrogen and oxygen atoms in total. The van der Waals surface area contributed by atoms with Crippen molar-refractivity contribution >= 4 is 34.4 Å². The third-order valence-corrected chi connectivity index (χ3v) is 6.30. The molecule has 0 bridgehead atoms. The van der Waals surface area contributed by atoms with Crippen molar-refractivity contribution in [2.24, 2.45) is 4.99 Å². The Hall–Kier alpha value is -4.52. The van der Waals surface area contributed by atoms with Gasteiger partial charge in [-0.05, 0) is 42.0 Å². The summed E-state index contributed by atoms with van der Waals surface area (Å²) in [6, 6.07) is 11.3. The van der Waals surface area contributed by atoms with Crippen LogP contribution in [0.15, 0.2) is 63.1 Å². The Morgan fingerprint density at radius 3 is 2.42 bits per heavy atom. The lowest BCUT2D eigenvalue weighted by molar-refractivity contribution is -0.122. The Bertz CT molecular complexity index is 1430. The fourth-order valence-electron chi connectivity index (χ4n) is 3.47. The number of hydrogen-bond acceptors (Lipinski definition) is 9. The summed E-state index contributed by atoms with van der Waals surface area (Å²) in [7, 11) is 1.53. The number of hydrogen-bond donors (Lipinski definition) is 6. The second-order valence-corrected chi connectivity index (χ2v) is 8.87. The minimum absolute atomic E-state index is 0.0313. The number of H-pyrrole nitrogens is 2. The quantitative estimate of drug-likeness (QED) is 0.273. The van der Waals surface area contributed by atoms with Gasteiger partial charge in [0.15, 0.2) is 5.17 Å². The summed E-state index contributed by atoms with van der Waals surface area (Å²) in [5, 5.41) is 24.5. The molecule has 2 heterocycles. The minimum Gasteiger partial charge on any atom is -0.508 e. The Morgan fingerprint density at radius 1 is 1.08 bits per heavy atom. The SMILES string of the molecule is COc1ccc(NC(=O)C[C@@H]2SC(=N[C@@H](c3ccc(O)cc3)c3c(O)[nH]c(=O)[nH]c3=O)NC2=O)cc1. The van der Waals surface area contributed by atoms with Crippen molar-refractivity contribution in [3.05, 3.63) is 80.5 Å². The Morgan fingerprint density at radius 2 is 1.78 bits per heavy atom.